The van der Waals surface area contributed by atoms with Crippen molar-refractivity contribution in [3.63, 3.8) is 0 Å². The van der Waals surface area contributed by atoms with Crippen LogP contribution in [-0.4, -0.2) is 18.1 Å². The van der Waals surface area contributed by atoms with Crippen LogP contribution in [0.25, 0.3) is 10.9 Å². The monoisotopic (exact) mass is 320 g/mol. The lowest BCUT2D eigenvalue weighted by atomic mass is 9.86. The predicted octanol–water partition coefficient (Wildman–Crippen LogP) is 4.30. The fourth-order valence-corrected chi connectivity index (χ4v) is 3.58. The van der Waals surface area contributed by atoms with Gasteiger partial charge in [0, 0.05) is 33.5 Å². The van der Waals surface area contributed by atoms with Crippen molar-refractivity contribution in [3.05, 3.63) is 33.9 Å². The SMILES string of the molecule is CC(C)(C)c1ccc2[nH]c(C3CCNC3)c(Br)c2c1. The van der Waals surface area contributed by atoms with Crippen LogP contribution in [0.15, 0.2) is 22.7 Å². The van der Waals surface area contributed by atoms with Gasteiger partial charge in [0.05, 0.1) is 0 Å². The van der Waals surface area contributed by atoms with E-state index in [2.05, 4.69) is 65.2 Å². The Morgan fingerprint density at radius 1 is 1.26 bits per heavy atom. The maximum absolute atomic E-state index is 3.80. The first-order chi connectivity index (χ1) is 8.97. The normalized spacial score (nSPS) is 20.3. The molecule has 1 atom stereocenters. The number of rotatable bonds is 1. The minimum Gasteiger partial charge on any atom is -0.357 e. The second-order valence-electron chi connectivity index (χ2n) is 6.55. The molecular formula is C16H21BrN2. The summed E-state index contributed by atoms with van der Waals surface area (Å²) in [5, 5.41) is 4.75. The van der Waals surface area contributed by atoms with Crippen molar-refractivity contribution in [1.82, 2.24) is 10.3 Å². The summed E-state index contributed by atoms with van der Waals surface area (Å²) in [7, 11) is 0. The van der Waals surface area contributed by atoms with Gasteiger partial charge in [0.25, 0.3) is 0 Å². The average Bonchev–Trinajstić information content (AvgIpc) is 2.96. The van der Waals surface area contributed by atoms with Crippen LogP contribution in [-0.2, 0) is 5.41 Å². The molecule has 1 saturated heterocycles. The third kappa shape index (κ3) is 2.34. The van der Waals surface area contributed by atoms with Crippen LogP contribution < -0.4 is 5.32 Å². The van der Waals surface area contributed by atoms with E-state index in [1.807, 2.05) is 0 Å². The molecule has 0 amide bonds. The van der Waals surface area contributed by atoms with E-state index in [4.69, 9.17) is 0 Å². The Morgan fingerprint density at radius 2 is 2.05 bits per heavy atom. The Labute approximate surface area is 123 Å². The number of aromatic amines is 1. The zero-order chi connectivity index (χ0) is 13.6. The predicted molar refractivity (Wildman–Crippen MR) is 84.9 cm³/mol. The molecule has 1 aromatic heterocycles. The van der Waals surface area contributed by atoms with Gasteiger partial charge in [-0.2, -0.15) is 0 Å². The Morgan fingerprint density at radius 3 is 2.68 bits per heavy atom. The summed E-state index contributed by atoms with van der Waals surface area (Å²) in [6, 6.07) is 6.77. The standard InChI is InChI=1S/C16H21BrN2/c1-16(2,3)11-4-5-13-12(8-11)14(17)15(19-13)10-6-7-18-9-10/h4-5,8,10,18-19H,6-7,9H2,1-3H3. The Kier molecular flexibility index (Phi) is 3.22. The molecule has 3 heteroatoms. The smallest absolute Gasteiger partial charge is 0.0468 e. The number of benzene rings is 1. The molecule has 3 rings (SSSR count). The van der Waals surface area contributed by atoms with Crippen LogP contribution in [0.1, 0.15) is 44.4 Å². The lowest BCUT2D eigenvalue weighted by Crippen LogP contribution is -2.10. The Bertz CT molecular complexity index is 601. The summed E-state index contributed by atoms with van der Waals surface area (Å²) in [6.45, 7) is 8.99. The molecule has 0 saturated carbocycles. The minimum absolute atomic E-state index is 0.194. The number of aromatic nitrogens is 1. The lowest BCUT2D eigenvalue weighted by Gasteiger charge is -2.18. The first-order valence-corrected chi connectivity index (χ1v) is 7.78. The van der Waals surface area contributed by atoms with Gasteiger partial charge in [-0.25, -0.2) is 0 Å². The fraction of sp³-hybridized carbons (Fsp3) is 0.500. The van der Waals surface area contributed by atoms with Gasteiger partial charge < -0.3 is 10.3 Å². The average molecular weight is 321 g/mol. The van der Waals surface area contributed by atoms with E-state index in [0.29, 0.717) is 5.92 Å². The van der Waals surface area contributed by atoms with Gasteiger partial charge in [-0.1, -0.05) is 26.8 Å². The maximum atomic E-state index is 3.80. The highest BCUT2D eigenvalue weighted by molar-refractivity contribution is 9.10. The molecule has 0 aliphatic carbocycles. The van der Waals surface area contributed by atoms with Crippen molar-refractivity contribution < 1.29 is 0 Å². The zero-order valence-corrected chi connectivity index (χ0v) is 13.4. The minimum atomic E-state index is 0.194. The van der Waals surface area contributed by atoms with Crippen LogP contribution in [0.4, 0.5) is 0 Å². The first kappa shape index (κ1) is 13.2. The van der Waals surface area contributed by atoms with Crippen LogP contribution >= 0.6 is 15.9 Å². The van der Waals surface area contributed by atoms with Gasteiger partial charge in [0.2, 0.25) is 0 Å². The van der Waals surface area contributed by atoms with Crippen molar-refractivity contribution in [3.8, 4) is 0 Å². The van der Waals surface area contributed by atoms with Gasteiger partial charge in [-0.3, -0.25) is 0 Å². The second-order valence-corrected chi connectivity index (χ2v) is 7.35. The highest BCUT2D eigenvalue weighted by atomic mass is 79.9. The summed E-state index contributed by atoms with van der Waals surface area (Å²) in [6.07, 6.45) is 1.22. The lowest BCUT2D eigenvalue weighted by molar-refractivity contribution is 0.591. The van der Waals surface area contributed by atoms with E-state index in [-0.39, 0.29) is 5.41 Å². The number of hydrogen-bond donors (Lipinski definition) is 2. The summed E-state index contributed by atoms with van der Waals surface area (Å²) in [5.74, 6) is 0.611. The molecule has 1 fully saturated rings. The molecule has 2 heterocycles. The summed E-state index contributed by atoms with van der Waals surface area (Å²) in [5.41, 5.74) is 4.17. The third-order valence-electron chi connectivity index (χ3n) is 4.10. The Balaban J connectivity index is 2.10. The fourth-order valence-electron chi connectivity index (χ4n) is 2.83. The molecule has 0 radical (unpaired) electrons. The quantitative estimate of drug-likeness (QED) is 0.805. The Hall–Kier alpha value is -0.800. The van der Waals surface area contributed by atoms with Crippen molar-refractivity contribution in [2.45, 2.75) is 38.5 Å². The largest absolute Gasteiger partial charge is 0.357 e. The first-order valence-electron chi connectivity index (χ1n) is 6.99. The molecule has 0 bridgehead atoms. The molecule has 0 spiro atoms. The molecule has 1 aliphatic rings. The molecular weight excluding hydrogens is 300 g/mol. The summed E-state index contributed by atoms with van der Waals surface area (Å²) < 4.78 is 1.25. The van der Waals surface area contributed by atoms with E-state index in [0.717, 1.165) is 13.1 Å². The number of nitrogens with one attached hydrogen (secondary N) is 2. The zero-order valence-electron chi connectivity index (χ0n) is 11.8. The molecule has 2 aromatic rings. The van der Waals surface area contributed by atoms with Crippen LogP contribution in [0.3, 0.4) is 0 Å². The summed E-state index contributed by atoms with van der Waals surface area (Å²) >= 11 is 3.80. The van der Waals surface area contributed by atoms with Crippen LogP contribution in [0, 0.1) is 0 Å². The topological polar surface area (TPSA) is 27.8 Å². The molecule has 1 unspecified atom stereocenters. The summed E-state index contributed by atoms with van der Waals surface area (Å²) in [4.78, 5) is 3.60. The molecule has 2 nitrogen and oxygen atoms in total. The van der Waals surface area contributed by atoms with Gasteiger partial charge in [0.1, 0.15) is 0 Å². The maximum Gasteiger partial charge on any atom is 0.0468 e. The second kappa shape index (κ2) is 4.64. The molecule has 1 aliphatic heterocycles. The van der Waals surface area contributed by atoms with Gasteiger partial charge in [-0.15, -0.1) is 0 Å². The van der Waals surface area contributed by atoms with Crippen molar-refractivity contribution in [2.75, 3.05) is 13.1 Å². The highest BCUT2D eigenvalue weighted by Gasteiger charge is 2.23. The van der Waals surface area contributed by atoms with Crippen molar-refractivity contribution in [1.29, 1.82) is 0 Å². The molecule has 2 N–H and O–H groups in total. The van der Waals surface area contributed by atoms with Gasteiger partial charge >= 0.3 is 0 Å². The van der Waals surface area contributed by atoms with Crippen molar-refractivity contribution in [2.24, 2.45) is 0 Å². The van der Waals surface area contributed by atoms with Gasteiger partial charge in [-0.05, 0) is 52.0 Å². The van der Waals surface area contributed by atoms with E-state index in [1.54, 1.807) is 0 Å². The van der Waals surface area contributed by atoms with Crippen LogP contribution in [0.5, 0.6) is 0 Å². The van der Waals surface area contributed by atoms with E-state index < -0.39 is 0 Å². The van der Waals surface area contributed by atoms with Crippen LogP contribution in [0.2, 0.25) is 0 Å². The number of hydrogen-bond acceptors (Lipinski definition) is 1. The van der Waals surface area contributed by atoms with E-state index >= 15 is 0 Å². The molecule has 1 aromatic carbocycles. The highest BCUT2D eigenvalue weighted by Crippen LogP contribution is 2.36. The molecule has 19 heavy (non-hydrogen) atoms. The van der Waals surface area contributed by atoms with E-state index in [1.165, 1.54) is 33.1 Å². The number of halogens is 1. The number of H-pyrrole nitrogens is 1. The third-order valence-corrected chi connectivity index (χ3v) is 4.95. The van der Waals surface area contributed by atoms with Crippen molar-refractivity contribution >= 4 is 26.8 Å². The number of fused-ring (bicyclic) bond motifs is 1. The van der Waals surface area contributed by atoms with Gasteiger partial charge in [0.15, 0.2) is 0 Å². The molecule has 102 valence electrons. The van der Waals surface area contributed by atoms with E-state index in [9.17, 15) is 0 Å².